The van der Waals surface area contributed by atoms with Crippen LogP contribution in [0, 0.1) is 0 Å². The van der Waals surface area contributed by atoms with Crippen molar-refractivity contribution in [1.82, 2.24) is 4.57 Å². The van der Waals surface area contributed by atoms with E-state index in [1.54, 1.807) is 0 Å². The molecule has 0 spiro atoms. The molecule has 0 aliphatic heterocycles. The molecule has 3 heterocycles. The fraction of sp³-hybridized carbons (Fsp3) is 0.350. The maximum absolute atomic E-state index is 2.58. The molecule has 0 bridgehead atoms. The van der Waals surface area contributed by atoms with Gasteiger partial charge in [-0.1, -0.05) is 113 Å². The zero-order chi connectivity index (χ0) is 29.9. The van der Waals surface area contributed by atoms with Gasteiger partial charge in [0.1, 0.15) is 14.1 Å². The average molecular weight is 572 g/mol. The van der Waals surface area contributed by atoms with E-state index in [2.05, 4.69) is 144 Å². The van der Waals surface area contributed by atoms with E-state index in [0.717, 1.165) is 6.54 Å². The molecule has 3 aromatic heterocycles. The van der Waals surface area contributed by atoms with Crippen molar-refractivity contribution in [3.8, 4) is 0 Å². The highest BCUT2D eigenvalue weighted by molar-refractivity contribution is 6.09. The van der Waals surface area contributed by atoms with Crippen LogP contribution in [0.5, 0.6) is 0 Å². The van der Waals surface area contributed by atoms with Gasteiger partial charge in [0, 0.05) is 52.6 Å². The smallest absolute Gasteiger partial charge is 0.169 e. The van der Waals surface area contributed by atoms with Crippen LogP contribution in [0.2, 0.25) is 0 Å². The average Bonchev–Trinajstić information content (AvgIpc) is 3.33. The molecule has 0 aliphatic carbocycles. The molecule has 222 valence electrons. The molecule has 0 atom stereocenters. The molecule has 0 saturated carbocycles. The summed E-state index contributed by atoms with van der Waals surface area (Å²) in [5, 5.41) is 2.69. The highest BCUT2D eigenvalue weighted by atomic mass is 15.0. The van der Waals surface area contributed by atoms with E-state index < -0.39 is 0 Å². The lowest BCUT2D eigenvalue weighted by Gasteiger charge is -2.09. The van der Waals surface area contributed by atoms with Crippen LogP contribution >= 0.6 is 0 Å². The largest absolute Gasteiger partial charge is 0.340 e. The summed E-state index contributed by atoms with van der Waals surface area (Å²) in [7, 11) is 4.11. The minimum Gasteiger partial charge on any atom is -0.340 e. The molecule has 0 saturated heterocycles. The predicted octanol–water partition coefficient (Wildman–Crippen LogP) is 9.71. The summed E-state index contributed by atoms with van der Waals surface area (Å²) in [5.74, 6) is 0. The minimum atomic E-state index is 1.06. The van der Waals surface area contributed by atoms with E-state index in [4.69, 9.17) is 0 Å². The van der Waals surface area contributed by atoms with Crippen LogP contribution in [-0.4, -0.2) is 4.57 Å². The standard InChI is InChI=1S/C40H49N3/c1-4-5-6-7-8-9-10-11-12-13-26-43-39-31-35(16-14-33-22-27-41(2)28-23-33)18-20-37(39)38-21-19-36(32-40(38)43)17-15-34-24-29-42(3)30-25-34/h14-25,27-32H,4-13,26H2,1-3H3/q+2. The Morgan fingerprint density at radius 1 is 0.488 bits per heavy atom. The number of aryl methyl sites for hydroxylation is 3. The summed E-state index contributed by atoms with van der Waals surface area (Å²) in [4.78, 5) is 0. The number of rotatable bonds is 15. The maximum Gasteiger partial charge on any atom is 0.169 e. The predicted molar refractivity (Wildman–Crippen MR) is 184 cm³/mol. The molecule has 5 aromatic rings. The number of nitrogens with zero attached hydrogens (tertiary/aromatic N) is 3. The van der Waals surface area contributed by atoms with Crippen LogP contribution in [0.15, 0.2) is 85.5 Å². The van der Waals surface area contributed by atoms with Crippen molar-refractivity contribution < 1.29 is 9.13 Å². The highest BCUT2D eigenvalue weighted by Crippen LogP contribution is 2.32. The maximum atomic E-state index is 2.58. The SMILES string of the molecule is CCCCCCCCCCCCn1c2cc(/C=C/c3cc[n+](C)cc3)ccc2c2ccc(/C=C/c3cc[n+](C)cc3)cc21. The van der Waals surface area contributed by atoms with E-state index in [1.807, 2.05) is 0 Å². The van der Waals surface area contributed by atoms with Gasteiger partial charge in [0.15, 0.2) is 24.8 Å². The van der Waals surface area contributed by atoms with Crippen LogP contribution in [0.3, 0.4) is 0 Å². The molecule has 0 amide bonds. The Balaban J connectivity index is 1.36. The second-order valence-corrected chi connectivity index (χ2v) is 12.1. The van der Waals surface area contributed by atoms with Crippen molar-refractivity contribution in [2.24, 2.45) is 14.1 Å². The van der Waals surface area contributed by atoms with Crippen LogP contribution in [0.25, 0.3) is 46.1 Å². The fourth-order valence-corrected chi connectivity index (χ4v) is 5.97. The molecule has 0 radical (unpaired) electrons. The van der Waals surface area contributed by atoms with Crippen LogP contribution in [0.4, 0.5) is 0 Å². The summed E-state index contributed by atoms with van der Waals surface area (Å²) >= 11 is 0. The first kappa shape index (κ1) is 30.5. The normalized spacial score (nSPS) is 12.0. The van der Waals surface area contributed by atoms with Crippen molar-refractivity contribution in [2.75, 3.05) is 0 Å². The fourth-order valence-electron chi connectivity index (χ4n) is 5.97. The number of unbranched alkanes of at least 4 members (excludes halogenated alkanes) is 9. The van der Waals surface area contributed by atoms with Crippen LogP contribution < -0.4 is 9.13 Å². The molecule has 3 nitrogen and oxygen atoms in total. The molecule has 0 N–H and O–H groups in total. The number of aromatic nitrogens is 3. The van der Waals surface area contributed by atoms with Crippen LogP contribution in [-0.2, 0) is 20.6 Å². The second-order valence-electron chi connectivity index (χ2n) is 12.1. The second kappa shape index (κ2) is 15.5. The van der Waals surface area contributed by atoms with Crippen molar-refractivity contribution in [1.29, 1.82) is 0 Å². The van der Waals surface area contributed by atoms with Crippen molar-refractivity contribution >= 4 is 46.1 Å². The number of benzene rings is 2. The summed E-state index contributed by atoms with van der Waals surface area (Å²) in [6.45, 7) is 3.35. The number of pyridine rings is 2. The minimum absolute atomic E-state index is 1.06. The third-order valence-electron chi connectivity index (χ3n) is 8.60. The molecule has 2 aromatic carbocycles. The van der Waals surface area contributed by atoms with Crippen LogP contribution in [0.1, 0.15) is 93.4 Å². The molecular weight excluding hydrogens is 522 g/mol. The van der Waals surface area contributed by atoms with E-state index in [1.165, 1.54) is 108 Å². The molecule has 0 fully saturated rings. The lowest BCUT2D eigenvalue weighted by atomic mass is 10.1. The first-order chi connectivity index (χ1) is 21.1. The quantitative estimate of drug-likeness (QED) is 0.0876. The molecule has 3 heteroatoms. The van der Waals surface area contributed by atoms with Crippen molar-refractivity contribution in [2.45, 2.75) is 77.7 Å². The van der Waals surface area contributed by atoms with E-state index in [9.17, 15) is 0 Å². The highest BCUT2D eigenvalue weighted by Gasteiger charge is 2.11. The topological polar surface area (TPSA) is 12.7 Å². The van der Waals surface area contributed by atoms with E-state index in [-0.39, 0.29) is 0 Å². The van der Waals surface area contributed by atoms with Gasteiger partial charge in [-0.15, -0.1) is 0 Å². The lowest BCUT2D eigenvalue weighted by molar-refractivity contribution is -0.671. The van der Waals surface area contributed by atoms with Gasteiger partial charge in [-0.05, 0) is 40.8 Å². The van der Waals surface area contributed by atoms with Gasteiger partial charge in [0.25, 0.3) is 0 Å². The summed E-state index contributed by atoms with van der Waals surface area (Å²) in [5.41, 5.74) is 7.59. The Labute approximate surface area is 258 Å². The zero-order valence-corrected chi connectivity index (χ0v) is 26.5. The monoisotopic (exact) mass is 571 g/mol. The Morgan fingerprint density at radius 3 is 1.33 bits per heavy atom. The molecule has 0 unspecified atom stereocenters. The van der Waals surface area contributed by atoms with Gasteiger partial charge in [0.05, 0.1) is 0 Å². The Hall–Kier alpha value is -3.98. The van der Waals surface area contributed by atoms with Gasteiger partial charge < -0.3 is 4.57 Å². The summed E-state index contributed by atoms with van der Waals surface area (Å²) in [6, 6.07) is 22.5. The molecule has 0 aliphatic rings. The number of fused-ring (bicyclic) bond motifs is 3. The third kappa shape index (κ3) is 8.54. The Kier molecular flexibility index (Phi) is 11.0. The van der Waals surface area contributed by atoms with Gasteiger partial charge >= 0.3 is 0 Å². The van der Waals surface area contributed by atoms with Gasteiger partial charge in [-0.3, -0.25) is 0 Å². The zero-order valence-electron chi connectivity index (χ0n) is 26.5. The van der Waals surface area contributed by atoms with Gasteiger partial charge in [0.2, 0.25) is 0 Å². The van der Waals surface area contributed by atoms with Gasteiger partial charge in [-0.25, -0.2) is 9.13 Å². The number of hydrogen-bond donors (Lipinski definition) is 0. The third-order valence-corrected chi connectivity index (χ3v) is 8.60. The first-order valence-corrected chi connectivity index (χ1v) is 16.4. The number of hydrogen-bond acceptors (Lipinski definition) is 0. The molecule has 5 rings (SSSR count). The van der Waals surface area contributed by atoms with Crippen molar-refractivity contribution in [3.63, 3.8) is 0 Å². The lowest BCUT2D eigenvalue weighted by Crippen LogP contribution is -2.25. The van der Waals surface area contributed by atoms with E-state index >= 15 is 0 Å². The first-order valence-electron chi connectivity index (χ1n) is 16.4. The Morgan fingerprint density at radius 2 is 0.884 bits per heavy atom. The van der Waals surface area contributed by atoms with Gasteiger partial charge in [-0.2, -0.15) is 0 Å². The molecule has 43 heavy (non-hydrogen) atoms. The summed E-state index contributed by atoms with van der Waals surface area (Å²) < 4.78 is 6.71. The molecular formula is C40H49N3+2. The summed E-state index contributed by atoms with van der Waals surface area (Å²) in [6.07, 6.45) is 30.9. The van der Waals surface area contributed by atoms with Crippen molar-refractivity contribution in [3.05, 3.63) is 108 Å². The van der Waals surface area contributed by atoms with E-state index in [0.29, 0.717) is 0 Å². The Bertz CT molecular complexity index is 1540.